The predicted molar refractivity (Wildman–Crippen MR) is 76.0 cm³/mol. The number of carboxylic acid groups (broad SMARTS) is 1. The molecule has 1 atom stereocenters. The first-order valence-electron chi connectivity index (χ1n) is 6.48. The van der Waals surface area contributed by atoms with Crippen molar-refractivity contribution in [2.24, 2.45) is 0 Å². The number of aromatic nitrogens is 1. The van der Waals surface area contributed by atoms with Gasteiger partial charge in [0.15, 0.2) is 5.54 Å². The first kappa shape index (κ1) is 18.3. The number of thiazole rings is 1. The van der Waals surface area contributed by atoms with Crippen LogP contribution >= 0.6 is 11.3 Å². The quantitative estimate of drug-likeness (QED) is 0.863. The molecule has 1 heterocycles. The van der Waals surface area contributed by atoms with Crippen molar-refractivity contribution < 1.29 is 28.2 Å². The fraction of sp³-hybridized carbons (Fsp3) is 0.615. The maximum Gasteiger partial charge on any atom is 0.408 e. The minimum Gasteiger partial charge on any atom is -0.477 e. The maximum absolute atomic E-state index is 14.3. The molecule has 0 saturated heterocycles. The van der Waals surface area contributed by atoms with Crippen molar-refractivity contribution in [1.29, 1.82) is 0 Å². The van der Waals surface area contributed by atoms with E-state index in [9.17, 15) is 18.4 Å². The number of hydrogen-bond donors (Lipinski definition) is 2. The van der Waals surface area contributed by atoms with Gasteiger partial charge in [-0.2, -0.15) is 8.78 Å². The molecule has 0 aliphatic rings. The predicted octanol–water partition coefficient (Wildman–Crippen LogP) is 2.99. The number of rotatable bonds is 5. The molecular formula is C13H18F2N2O4S. The molecule has 0 bridgehead atoms. The summed E-state index contributed by atoms with van der Waals surface area (Å²) in [6, 6.07) is 0. The van der Waals surface area contributed by atoms with Crippen molar-refractivity contribution in [3.63, 3.8) is 0 Å². The molecule has 1 unspecified atom stereocenters. The highest BCUT2D eigenvalue weighted by atomic mass is 32.1. The highest BCUT2D eigenvalue weighted by Crippen LogP contribution is 2.41. The molecule has 0 aliphatic carbocycles. The van der Waals surface area contributed by atoms with Gasteiger partial charge in [-0.05, 0) is 27.2 Å². The van der Waals surface area contributed by atoms with E-state index in [1.807, 2.05) is 5.32 Å². The van der Waals surface area contributed by atoms with Crippen LogP contribution in [0.5, 0.6) is 0 Å². The topological polar surface area (TPSA) is 88.5 Å². The Balaban J connectivity index is 3.29. The number of nitrogens with zero attached hydrogens (tertiary/aromatic N) is 1. The number of nitrogens with one attached hydrogen (secondary N) is 1. The van der Waals surface area contributed by atoms with Crippen LogP contribution in [0.25, 0.3) is 0 Å². The van der Waals surface area contributed by atoms with E-state index in [1.165, 1.54) is 18.5 Å². The fourth-order valence-electron chi connectivity index (χ4n) is 1.82. The number of carbonyl (C=O) groups excluding carboxylic acids is 1. The first-order valence-corrected chi connectivity index (χ1v) is 7.36. The van der Waals surface area contributed by atoms with Gasteiger partial charge in [0.2, 0.25) is 0 Å². The Morgan fingerprint density at radius 2 is 2.00 bits per heavy atom. The van der Waals surface area contributed by atoms with Gasteiger partial charge in [0.1, 0.15) is 10.6 Å². The number of carbonyl (C=O) groups is 2. The van der Waals surface area contributed by atoms with Crippen molar-refractivity contribution in [2.75, 3.05) is 0 Å². The van der Waals surface area contributed by atoms with E-state index >= 15 is 0 Å². The zero-order valence-corrected chi connectivity index (χ0v) is 13.5. The van der Waals surface area contributed by atoms with Crippen LogP contribution in [0.2, 0.25) is 0 Å². The Morgan fingerprint density at radius 1 is 1.41 bits per heavy atom. The summed E-state index contributed by atoms with van der Waals surface area (Å²) in [5.41, 5.74) is -3.39. The molecular weight excluding hydrogens is 318 g/mol. The number of alkyl carbamates (subject to hydrolysis) is 1. The summed E-state index contributed by atoms with van der Waals surface area (Å²) in [6.45, 7) is 6.05. The summed E-state index contributed by atoms with van der Waals surface area (Å²) in [7, 11) is 0. The summed E-state index contributed by atoms with van der Waals surface area (Å²) in [6.07, 6.45) is -0.247. The molecule has 0 saturated carbocycles. The van der Waals surface area contributed by atoms with Crippen molar-refractivity contribution in [3.8, 4) is 0 Å². The molecule has 0 aromatic carbocycles. The molecule has 2 N–H and O–H groups in total. The smallest absolute Gasteiger partial charge is 0.408 e. The lowest BCUT2D eigenvalue weighted by Crippen LogP contribution is -2.61. The van der Waals surface area contributed by atoms with Crippen molar-refractivity contribution in [1.82, 2.24) is 10.3 Å². The monoisotopic (exact) mass is 336 g/mol. The zero-order valence-electron chi connectivity index (χ0n) is 12.6. The number of aliphatic carboxylic acids is 1. The van der Waals surface area contributed by atoms with Gasteiger partial charge in [0.25, 0.3) is 0 Å². The molecule has 9 heteroatoms. The third-order valence-electron chi connectivity index (χ3n) is 2.85. The maximum atomic E-state index is 14.3. The molecule has 1 aromatic heterocycles. The van der Waals surface area contributed by atoms with Crippen LogP contribution in [-0.2, 0) is 15.1 Å². The standard InChI is InChI=1S/C13H18F2N2O4S/c1-5-12(8-16-6-7-22-8,13(14,15)9(18)19)17-10(20)21-11(2,3)4/h6-7H,5H2,1-4H3,(H,17,20)(H,18,19). The summed E-state index contributed by atoms with van der Waals surface area (Å²) < 4.78 is 33.6. The van der Waals surface area contributed by atoms with Gasteiger partial charge >= 0.3 is 18.0 Å². The molecule has 1 aromatic rings. The molecule has 1 rings (SSSR count). The Morgan fingerprint density at radius 3 is 2.36 bits per heavy atom. The second-order valence-electron chi connectivity index (χ2n) is 5.60. The Bertz CT molecular complexity index is 543. The first-order chi connectivity index (χ1) is 9.96. The number of alkyl halides is 2. The van der Waals surface area contributed by atoms with Crippen LogP contribution < -0.4 is 5.32 Å². The third-order valence-corrected chi connectivity index (χ3v) is 3.78. The number of ether oxygens (including phenoxy) is 1. The van der Waals surface area contributed by atoms with E-state index in [1.54, 1.807) is 20.8 Å². The number of carboxylic acids is 1. The van der Waals surface area contributed by atoms with Crippen LogP contribution in [0.1, 0.15) is 39.1 Å². The number of amides is 1. The van der Waals surface area contributed by atoms with Crippen LogP contribution in [0.4, 0.5) is 13.6 Å². The highest BCUT2D eigenvalue weighted by Gasteiger charge is 2.62. The van der Waals surface area contributed by atoms with Gasteiger partial charge in [0, 0.05) is 11.6 Å². The van der Waals surface area contributed by atoms with Crippen LogP contribution in [0.3, 0.4) is 0 Å². The minimum atomic E-state index is -4.25. The third kappa shape index (κ3) is 3.52. The second kappa shape index (κ2) is 6.15. The van der Waals surface area contributed by atoms with E-state index in [0.29, 0.717) is 0 Å². The van der Waals surface area contributed by atoms with E-state index < -0.39 is 29.1 Å². The lowest BCUT2D eigenvalue weighted by atomic mass is 9.88. The van der Waals surface area contributed by atoms with Crippen LogP contribution in [0, 0.1) is 0 Å². The molecule has 124 valence electrons. The minimum absolute atomic E-state index is 0.201. The number of hydrogen-bond acceptors (Lipinski definition) is 5. The van der Waals surface area contributed by atoms with E-state index in [2.05, 4.69) is 4.98 Å². The summed E-state index contributed by atoms with van der Waals surface area (Å²) >= 11 is 0.834. The second-order valence-corrected chi connectivity index (χ2v) is 6.50. The molecule has 1 amide bonds. The molecule has 0 fully saturated rings. The van der Waals surface area contributed by atoms with Crippen molar-refractivity contribution in [3.05, 3.63) is 16.6 Å². The molecule has 22 heavy (non-hydrogen) atoms. The largest absolute Gasteiger partial charge is 0.477 e. The van der Waals surface area contributed by atoms with Gasteiger partial charge < -0.3 is 15.2 Å². The average molecular weight is 336 g/mol. The molecule has 0 aliphatic heterocycles. The van der Waals surface area contributed by atoms with Gasteiger partial charge in [-0.1, -0.05) is 6.92 Å². The summed E-state index contributed by atoms with van der Waals surface area (Å²) in [4.78, 5) is 26.7. The molecule has 6 nitrogen and oxygen atoms in total. The average Bonchev–Trinajstić information content (AvgIpc) is 2.87. The molecule has 0 spiro atoms. The fourth-order valence-corrected chi connectivity index (χ4v) is 2.72. The van der Waals surface area contributed by atoms with Crippen molar-refractivity contribution in [2.45, 2.75) is 51.2 Å². The van der Waals surface area contributed by atoms with Crippen LogP contribution in [-0.4, -0.2) is 33.7 Å². The van der Waals surface area contributed by atoms with Gasteiger partial charge in [-0.15, -0.1) is 11.3 Å². The Labute approximate surface area is 130 Å². The summed E-state index contributed by atoms with van der Waals surface area (Å²) in [5, 5.41) is 12.1. The van der Waals surface area contributed by atoms with Crippen LogP contribution in [0.15, 0.2) is 11.6 Å². The van der Waals surface area contributed by atoms with E-state index in [0.717, 1.165) is 11.3 Å². The van der Waals surface area contributed by atoms with E-state index in [-0.39, 0.29) is 11.4 Å². The normalized spacial score (nSPS) is 15.0. The highest BCUT2D eigenvalue weighted by molar-refractivity contribution is 7.09. The van der Waals surface area contributed by atoms with Crippen molar-refractivity contribution >= 4 is 23.4 Å². The van der Waals surface area contributed by atoms with E-state index in [4.69, 9.17) is 9.84 Å². The van der Waals surface area contributed by atoms with Gasteiger partial charge in [-0.3, -0.25) is 0 Å². The summed E-state index contributed by atoms with van der Waals surface area (Å²) in [5.74, 6) is -6.60. The lowest BCUT2D eigenvalue weighted by molar-refractivity contribution is -0.180. The molecule has 0 radical (unpaired) electrons. The van der Waals surface area contributed by atoms with Gasteiger partial charge in [0.05, 0.1) is 0 Å². The van der Waals surface area contributed by atoms with Gasteiger partial charge in [-0.25, -0.2) is 14.6 Å². The number of halogens is 2. The SMILES string of the molecule is CCC(NC(=O)OC(C)(C)C)(c1nccs1)C(F)(F)C(=O)O. The zero-order chi connectivity index (χ0) is 17.2. The Kier molecular flexibility index (Phi) is 5.11. The Hall–Kier alpha value is -1.77. The lowest BCUT2D eigenvalue weighted by Gasteiger charge is -2.36.